The first-order valence-corrected chi connectivity index (χ1v) is 7.40. The molecule has 0 radical (unpaired) electrons. The predicted molar refractivity (Wildman–Crippen MR) is 84.7 cm³/mol. The van der Waals surface area contributed by atoms with Crippen LogP contribution >= 0.6 is 0 Å². The summed E-state index contributed by atoms with van der Waals surface area (Å²) in [6, 6.07) is 10.3. The lowest BCUT2D eigenvalue weighted by Gasteiger charge is -2.23. The molecule has 0 saturated heterocycles. The minimum Gasteiger partial charge on any atom is -0.496 e. The van der Waals surface area contributed by atoms with Crippen LogP contribution in [0.5, 0.6) is 5.75 Å². The normalized spacial score (nSPS) is 12.2. The molecule has 2 rings (SSSR count). The first kappa shape index (κ1) is 15.4. The summed E-state index contributed by atoms with van der Waals surface area (Å²) in [5.41, 5.74) is 4.26. The Morgan fingerprint density at radius 3 is 2.57 bits per heavy atom. The number of methoxy groups -OCH3 is 1. The van der Waals surface area contributed by atoms with Crippen molar-refractivity contribution in [3.63, 3.8) is 0 Å². The Morgan fingerprint density at radius 1 is 1.14 bits per heavy atom. The maximum Gasteiger partial charge on any atom is 0.123 e. The van der Waals surface area contributed by atoms with E-state index in [1.165, 1.54) is 5.56 Å². The number of aromatic nitrogens is 2. The molecule has 1 atom stereocenters. The lowest BCUT2D eigenvalue weighted by Crippen LogP contribution is -2.24. The van der Waals surface area contributed by atoms with E-state index in [0.717, 1.165) is 35.7 Å². The number of aryl methyl sites for hydroxylation is 2. The number of nitrogens with zero attached hydrogens (tertiary/aromatic N) is 2. The molecule has 1 N–H and O–H groups in total. The second kappa shape index (κ2) is 7.18. The van der Waals surface area contributed by atoms with Gasteiger partial charge in [-0.15, -0.1) is 0 Å². The highest BCUT2D eigenvalue weighted by Crippen LogP contribution is 2.31. The number of para-hydroxylation sites is 1. The van der Waals surface area contributed by atoms with E-state index in [0.29, 0.717) is 0 Å². The fourth-order valence-electron chi connectivity index (χ4n) is 2.56. The van der Waals surface area contributed by atoms with E-state index in [9.17, 15) is 0 Å². The van der Waals surface area contributed by atoms with Gasteiger partial charge in [0.05, 0.1) is 24.5 Å². The van der Waals surface area contributed by atoms with Crippen LogP contribution in [0.25, 0.3) is 0 Å². The first-order valence-electron chi connectivity index (χ1n) is 7.40. The largest absolute Gasteiger partial charge is 0.496 e. The van der Waals surface area contributed by atoms with E-state index < -0.39 is 0 Å². The maximum atomic E-state index is 5.52. The molecule has 0 aliphatic rings. The van der Waals surface area contributed by atoms with Gasteiger partial charge in [-0.3, -0.25) is 0 Å². The number of nitrogens with one attached hydrogen (secondary N) is 1. The molecule has 0 fully saturated rings. The van der Waals surface area contributed by atoms with Crippen molar-refractivity contribution in [1.29, 1.82) is 0 Å². The van der Waals surface area contributed by atoms with Gasteiger partial charge < -0.3 is 10.1 Å². The predicted octanol–water partition coefficient (Wildman–Crippen LogP) is 3.05. The summed E-state index contributed by atoms with van der Waals surface area (Å²) in [5, 5.41) is 12.1. The minimum atomic E-state index is 0.0651. The van der Waals surface area contributed by atoms with Gasteiger partial charge in [-0.1, -0.05) is 32.0 Å². The molecule has 0 spiro atoms. The summed E-state index contributed by atoms with van der Waals surface area (Å²) >= 11 is 0. The van der Waals surface area contributed by atoms with Crippen molar-refractivity contribution < 1.29 is 4.74 Å². The molecular formula is C17H23N3O. The Labute approximate surface area is 126 Å². The lowest BCUT2D eigenvalue weighted by atomic mass is 9.95. The Morgan fingerprint density at radius 2 is 1.90 bits per heavy atom. The molecule has 1 heterocycles. The highest BCUT2D eigenvalue weighted by Gasteiger charge is 2.20. The van der Waals surface area contributed by atoms with Gasteiger partial charge in [-0.05, 0) is 37.6 Å². The Hall–Kier alpha value is -1.94. The summed E-state index contributed by atoms with van der Waals surface area (Å²) in [6.45, 7) is 7.05. The van der Waals surface area contributed by atoms with Crippen molar-refractivity contribution in [2.75, 3.05) is 13.7 Å². The van der Waals surface area contributed by atoms with Gasteiger partial charge in [0.1, 0.15) is 5.75 Å². The molecule has 1 aromatic carbocycles. The molecule has 0 aliphatic carbocycles. The highest BCUT2D eigenvalue weighted by molar-refractivity contribution is 5.43. The van der Waals surface area contributed by atoms with Crippen molar-refractivity contribution in [2.24, 2.45) is 0 Å². The van der Waals surface area contributed by atoms with Crippen molar-refractivity contribution in [1.82, 2.24) is 15.5 Å². The zero-order valence-corrected chi connectivity index (χ0v) is 13.2. The van der Waals surface area contributed by atoms with E-state index in [4.69, 9.17) is 4.74 Å². The second-order valence-electron chi connectivity index (χ2n) is 4.97. The number of rotatable bonds is 6. The highest BCUT2D eigenvalue weighted by atomic mass is 16.5. The fourth-order valence-corrected chi connectivity index (χ4v) is 2.56. The molecule has 4 heteroatoms. The molecule has 2 aromatic rings. The average molecular weight is 285 g/mol. The minimum absolute atomic E-state index is 0.0651. The van der Waals surface area contributed by atoms with Crippen molar-refractivity contribution >= 4 is 0 Å². The number of hydrogen-bond acceptors (Lipinski definition) is 4. The van der Waals surface area contributed by atoms with Crippen LogP contribution in [0, 0.1) is 6.92 Å². The summed E-state index contributed by atoms with van der Waals surface area (Å²) in [7, 11) is 1.71. The zero-order valence-electron chi connectivity index (χ0n) is 13.2. The summed E-state index contributed by atoms with van der Waals surface area (Å²) in [4.78, 5) is 0. The topological polar surface area (TPSA) is 47.0 Å². The fraction of sp³-hybridized carbons (Fsp3) is 0.412. The third-order valence-electron chi connectivity index (χ3n) is 3.53. The van der Waals surface area contributed by atoms with Crippen LogP contribution in [0.4, 0.5) is 0 Å². The van der Waals surface area contributed by atoms with Gasteiger partial charge in [0.25, 0.3) is 0 Å². The van der Waals surface area contributed by atoms with E-state index in [1.807, 2.05) is 25.1 Å². The van der Waals surface area contributed by atoms with Crippen LogP contribution in [-0.4, -0.2) is 23.9 Å². The molecule has 0 amide bonds. The van der Waals surface area contributed by atoms with Crippen LogP contribution < -0.4 is 10.1 Å². The average Bonchev–Trinajstić information content (AvgIpc) is 2.52. The maximum absolute atomic E-state index is 5.52. The molecule has 0 aliphatic heterocycles. The standard InChI is InChI=1S/C17H23N3O/c1-5-15-14(11-12(3)19-20-15)17(18-6-2)13-9-7-8-10-16(13)21-4/h7-11,17-18H,5-6H2,1-4H3. The van der Waals surface area contributed by atoms with Gasteiger partial charge in [0, 0.05) is 5.56 Å². The third kappa shape index (κ3) is 3.39. The molecule has 0 bridgehead atoms. The van der Waals surface area contributed by atoms with E-state index in [2.05, 4.69) is 41.5 Å². The Bertz CT molecular complexity index is 598. The Balaban J connectivity index is 2.55. The van der Waals surface area contributed by atoms with Gasteiger partial charge in [-0.2, -0.15) is 10.2 Å². The quantitative estimate of drug-likeness (QED) is 0.886. The lowest BCUT2D eigenvalue weighted by molar-refractivity contribution is 0.404. The number of hydrogen-bond donors (Lipinski definition) is 1. The van der Waals surface area contributed by atoms with Crippen LogP contribution in [0.15, 0.2) is 30.3 Å². The number of benzene rings is 1. The van der Waals surface area contributed by atoms with Crippen molar-refractivity contribution in [2.45, 2.75) is 33.2 Å². The van der Waals surface area contributed by atoms with Crippen molar-refractivity contribution in [3.8, 4) is 5.75 Å². The summed E-state index contributed by atoms with van der Waals surface area (Å²) < 4.78 is 5.52. The summed E-state index contributed by atoms with van der Waals surface area (Å²) in [6.07, 6.45) is 0.861. The van der Waals surface area contributed by atoms with Crippen LogP contribution in [-0.2, 0) is 6.42 Å². The van der Waals surface area contributed by atoms with Crippen LogP contribution in [0.3, 0.4) is 0 Å². The molecule has 112 valence electrons. The van der Waals surface area contributed by atoms with Gasteiger partial charge in [-0.25, -0.2) is 0 Å². The van der Waals surface area contributed by atoms with Gasteiger partial charge >= 0.3 is 0 Å². The molecular weight excluding hydrogens is 262 g/mol. The van der Waals surface area contributed by atoms with E-state index in [-0.39, 0.29) is 6.04 Å². The van der Waals surface area contributed by atoms with Gasteiger partial charge in [0.15, 0.2) is 0 Å². The molecule has 1 unspecified atom stereocenters. The summed E-state index contributed by atoms with van der Waals surface area (Å²) in [5.74, 6) is 0.889. The van der Waals surface area contributed by atoms with E-state index in [1.54, 1.807) is 7.11 Å². The first-order chi connectivity index (χ1) is 10.2. The van der Waals surface area contributed by atoms with Crippen molar-refractivity contribution in [3.05, 3.63) is 52.8 Å². The monoisotopic (exact) mass is 285 g/mol. The SMILES string of the molecule is CCNC(c1ccccc1OC)c1cc(C)nnc1CC. The number of ether oxygens (including phenoxy) is 1. The van der Waals surface area contributed by atoms with Gasteiger partial charge in [0.2, 0.25) is 0 Å². The van der Waals surface area contributed by atoms with Crippen LogP contribution in [0.2, 0.25) is 0 Å². The van der Waals surface area contributed by atoms with E-state index >= 15 is 0 Å². The second-order valence-corrected chi connectivity index (χ2v) is 4.97. The smallest absolute Gasteiger partial charge is 0.123 e. The van der Waals surface area contributed by atoms with Crippen LogP contribution in [0.1, 0.15) is 42.4 Å². The molecule has 0 saturated carbocycles. The zero-order chi connectivity index (χ0) is 15.2. The Kier molecular flexibility index (Phi) is 5.28. The molecule has 1 aromatic heterocycles. The third-order valence-corrected chi connectivity index (χ3v) is 3.53. The molecule has 21 heavy (non-hydrogen) atoms. The molecule has 4 nitrogen and oxygen atoms in total.